The van der Waals surface area contributed by atoms with E-state index in [1.807, 2.05) is 30.3 Å². The molecular weight excluding hydrogens is 162 g/mol. The molecule has 0 atom stereocenters. The summed E-state index contributed by atoms with van der Waals surface area (Å²) in [5.74, 6) is 0.477. The Morgan fingerprint density at radius 1 is 1.23 bits per heavy atom. The van der Waals surface area contributed by atoms with Gasteiger partial charge >= 0.3 is 0 Å². The standard InChI is InChI=1S/C10H13N3/c1-8(11)7-13-10(12)9-5-3-2-4-6-9/h2-7H,11H2,1H3,(H2,12,13)/b8-7-. The van der Waals surface area contributed by atoms with Crippen LogP contribution in [0.2, 0.25) is 0 Å². The van der Waals surface area contributed by atoms with Crippen LogP contribution >= 0.6 is 0 Å². The van der Waals surface area contributed by atoms with Gasteiger partial charge in [0.15, 0.2) is 0 Å². The van der Waals surface area contributed by atoms with Crippen molar-refractivity contribution in [3.63, 3.8) is 0 Å². The van der Waals surface area contributed by atoms with Crippen molar-refractivity contribution in [3.8, 4) is 0 Å². The van der Waals surface area contributed by atoms with Gasteiger partial charge in [-0.05, 0) is 6.92 Å². The van der Waals surface area contributed by atoms with E-state index < -0.39 is 0 Å². The number of hydrogen-bond acceptors (Lipinski definition) is 2. The number of allylic oxidation sites excluding steroid dienone is 1. The Hall–Kier alpha value is -1.77. The van der Waals surface area contributed by atoms with E-state index in [-0.39, 0.29) is 0 Å². The van der Waals surface area contributed by atoms with E-state index >= 15 is 0 Å². The van der Waals surface area contributed by atoms with Crippen LogP contribution in [0, 0.1) is 0 Å². The molecule has 1 rings (SSSR count). The fourth-order valence-electron chi connectivity index (χ4n) is 0.855. The summed E-state index contributed by atoms with van der Waals surface area (Å²) in [7, 11) is 0. The van der Waals surface area contributed by atoms with Crippen LogP contribution < -0.4 is 11.5 Å². The van der Waals surface area contributed by atoms with Gasteiger partial charge in [0, 0.05) is 17.5 Å². The van der Waals surface area contributed by atoms with Crippen molar-refractivity contribution >= 4 is 5.84 Å². The minimum Gasteiger partial charge on any atom is -0.401 e. The van der Waals surface area contributed by atoms with E-state index in [9.17, 15) is 0 Å². The summed E-state index contributed by atoms with van der Waals surface area (Å²) in [5.41, 5.74) is 12.7. The molecular formula is C10H13N3. The minimum absolute atomic E-state index is 0.477. The van der Waals surface area contributed by atoms with Crippen molar-refractivity contribution in [2.45, 2.75) is 6.92 Å². The smallest absolute Gasteiger partial charge is 0.130 e. The Balaban J connectivity index is 2.86. The van der Waals surface area contributed by atoms with Crippen LogP contribution in [0.4, 0.5) is 0 Å². The van der Waals surface area contributed by atoms with Gasteiger partial charge in [-0.1, -0.05) is 30.3 Å². The zero-order valence-corrected chi connectivity index (χ0v) is 7.57. The largest absolute Gasteiger partial charge is 0.401 e. The Bertz CT molecular complexity index is 321. The lowest BCUT2D eigenvalue weighted by Crippen LogP contribution is -2.12. The molecule has 68 valence electrons. The fraction of sp³-hybridized carbons (Fsp3) is 0.100. The van der Waals surface area contributed by atoms with Gasteiger partial charge in [0.2, 0.25) is 0 Å². The molecule has 1 aromatic rings. The van der Waals surface area contributed by atoms with Crippen molar-refractivity contribution < 1.29 is 0 Å². The average Bonchev–Trinajstić information content (AvgIpc) is 2.15. The van der Waals surface area contributed by atoms with Crippen LogP contribution in [0.3, 0.4) is 0 Å². The number of amidine groups is 1. The zero-order valence-electron chi connectivity index (χ0n) is 7.57. The third-order valence-electron chi connectivity index (χ3n) is 1.48. The summed E-state index contributed by atoms with van der Waals surface area (Å²) in [6.45, 7) is 1.77. The van der Waals surface area contributed by atoms with Gasteiger partial charge < -0.3 is 11.5 Å². The minimum atomic E-state index is 0.477. The monoisotopic (exact) mass is 175 g/mol. The lowest BCUT2D eigenvalue weighted by atomic mass is 10.2. The van der Waals surface area contributed by atoms with Crippen molar-refractivity contribution in [1.82, 2.24) is 0 Å². The maximum absolute atomic E-state index is 5.69. The first-order chi connectivity index (χ1) is 6.20. The van der Waals surface area contributed by atoms with Crippen LogP contribution in [0.1, 0.15) is 12.5 Å². The first-order valence-corrected chi connectivity index (χ1v) is 4.01. The predicted molar refractivity (Wildman–Crippen MR) is 55.1 cm³/mol. The van der Waals surface area contributed by atoms with E-state index in [2.05, 4.69) is 4.99 Å². The first-order valence-electron chi connectivity index (χ1n) is 4.01. The van der Waals surface area contributed by atoms with Gasteiger partial charge in [-0.2, -0.15) is 0 Å². The van der Waals surface area contributed by atoms with E-state index in [4.69, 9.17) is 11.5 Å². The summed E-state index contributed by atoms with van der Waals surface area (Å²) in [5, 5.41) is 0. The molecule has 0 bridgehead atoms. The zero-order chi connectivity index (χ0) is 9.68. The lowest BCUT2D eigenvalue weighted by molar-refractivity contribution is 1.27. The molecule has 0 spiro atoms. The van der Waals surface area contributed by atoms with Crippen molar-refractivity contribution in [1.29, 1.82) is 0 Å². The van der Waals surface area contributed by atoms with E-state index in [1.54, 1.807) is 13.1 Å². The Labute approximate surface area is 77.8 Å². The molecule has 13 heavy (non-hydrogen) atoms. The number of nitrogens with two attached hydrogens (primary N) is 2. The quantitative estimate of drug-likeness (QED) is 0.524. The van der Waals surface area contributed by atoms with Crippen molar-refractivity contribution in [2.75, 3.05) is 0 Å². The molecule has 3 nitrogen and oxygen atoms in total. The summed E-state index contributed by atoms with van der Waals surface area (Å²) in [6.07, 6.45) is 1.54. The highest BCUT2D eigenvalue weighted by Gasteiger charge is 1.93. The molecule has 0 aliphatic rings. The van der Waals surface area contributed by atoms with Crippen LogP contribution in [-0.2, 0) is 0 Å². The molecule has 0 aliphatic carbocycles. The first kappa shape index (κ1) is 9.32. The molecule has 0 saturated heterocycles. The molecule has 4 N–H and O–H groups in total. The van der Waals surface area contributed by atoms with Crippen LogP contribution in [0.25, 0.3) is 0 Å². The predicted octanol–water partition coefficient (Wildman–Crippen LogP) is 1.21. The van der Waals surface area contributed by atoms with Crippen LogP contribution in [-0.4, -0.2) is 5.84 Å². The maximum Gasteiger partial charge on any atom is 0.130 e. The number of aliphatic imine (C=N–C) groups is 1. The van der Waals surface area contributed by atoms with Gasteiger partial charge in [0.1, 0.15) is 5.84 Å². The van der Waals surface area contributed by atoms with Crippen molar-refractivity contribution in [3.05, 3.63) is 47.8 Å². The SMILES string of the molecule is C/C(N)=C/N=C(N)c1ccccc1. The fourth-order valence-corrected chi connectivity index (χ4v) is 0.855. The molecule has 0 amide bonds. The Kier molecular flexibility index (Phi) is 3.09. The summed E-state index contributed by atoms with van der Waals surface area (Å²) in [6, 6.07) is 9.56. The Morgan fingerprint density at radius 2 is 1.85 bits per heavy atom. The summed E-state index contributed by atoms with van der Waals surface area (Å²) in [4.78, 5) is 4.00. The van der Waals surface area contributed by atoms with Gasteiger partial charge in [-0.25, -0.2) is 4.99 Å². The molecule has 0 fully saturated rings. The molecule has 0 heterocycles. The van der Waals surface area contributed by atoms with E-state index in [0.29, 0.717) is 11.5 Å². The highest BCUT2D eigenvalue weighted by atomic mass is 14.8. The second kappa shape index (κ2) is 4.30. The van der Waals surface area contributed by atoms with Crippen molar-refractivity contribution in [2.24, 2.45) is 16.5 Å². The van der Waals surface area contributed by atoms with Crippen LogP contribution in [0.15, 0.2) is 47.2 Å². The Morgan fingerprint density at radius 3 is 2.38 bits per heavy atom. The third kappa shape index (κ3) is 2.99. The van der Waals surface area contributed by atoms with Crippen LogP contribution in [0.5, 0.6) is 0 Å². The normalized spacial score (nSPS) is 13.0. The number of rotatable bonds is 2. The second-order valence-corrected chi connectivity index (χ2v) is 2.75. The highest BCUT2D eigenvalue weighted by Crippen LogP contribution is 1.97. The molecule has 0 saturated carbocycles. The lowest BCUT2D eigenvalue weighted by Gasteiger charge is -1.97. The molecule has 0 radical (unpaired) electrons. The van der Waals surface area contributed by atoms with E-state index in [1.165, 1.54) is 0 Å². The summed E-state index contributed by atoms with van der Waals surface area (Å²) < 4.78 is 0. The summed E-state index contributed by atoms with van der Waals surface area (Å²) >= 11 is 0. The van der Waals surface area contributed by atoms with Gasteiger partial charge in [-0.3, -0.25) is 0 Å². The number of benzene rings is 1. The number of nitrogens with zero attached hydrogens (tertiary/aromatic N) is 1. The average molecular weight is 175 g/mol. The molecule has 1 aromatic carbocycles. The third-order valence-corrected chi connectivity index (χ3v) is 1.48. The van der Waals surface area contributed by atoms with Gasteiger partial charge in [-0.15, -0.1) is 0 Å². The van der Waals surface area contributed by atoms with Gasteiger partial charge in [0.25, 0.3) is 0 Å². The molecule has 0 aliphatic heterocycles. The second-order valence-electron chi connectivity index (χ2n) is 2.75. The maximum atomic E-state index is 5.69. The molecule has 0 aromatic heterocycles. The number of hydrogen-bond donors (Lipinski definition) is 2. The highest BCUT2D eigenvalue weighted by molar-refractivity contribution is 5.97. The van der Waals surface area contributed by atoms with Gasteiger partial charge in [0.05, 0.1) is 0 Å². The van der Waals surface area contributed by atoms with E-state index in [0.717, 1.165) is 5.56 Å². The molecule has 3 heteroatoms. The topological polar surface area (TPSA) is 64.4 Å². The molecule has 0 unspecified atom stereocenters.